The van der Waals surface area contributed by atoms with Crippen molar-refractivity contribution >= 4 is 97.8 Å². The Morgan fingerprint density at radius 1 is 0.646 bits per heavy atom. The number of aliphatic hydroxyl groups is 2. The zero-order valence-corrected chi connectivity index (χ0v) is 30.3. The van der Waals surface area contributed by atoms with Crippen molar-refractivity contribution in [3.8, 4) is 0 Å². The van der Waals surface area contributed by atoms with E-state index < -0.39 is 55.9 Å². The molecule has 4 amide bonds. The lowest BCUT2D eigenvalue weighted by atomic mass is 9.54. The molecule has 0 aromatic heterocycles. The van der Waals surface area contributed by atoms with E-state index in [1.807, 2.05) is 48.5 Å². The summed E-state index contributed by atoms with van der Waals surface area (Å²) in [6, 6.07) is 15.8. The van der Waals surface area contributed by atoms with Gasteiger partial charge in [-0.1, -0.05) is 36.4 Å². The van der Waals surface area contributed by atoms with Gasteiger partial charge in [0.15, 0.2) is 9.74 Å². The molecule has 0 saturated carbocycles. The summed E-state index contributed by atoms with van der Waals surface area (Å²) in [5.41, 5.74) is 1.37. The second kappa shape index (κ2) is 9.43. The SMILES string of the molecule is CN1C(=O)[C@@]23C[C@]4([C@]56C[C@@]78SSS[C@@](CO)(C(=O)N7[C@@H]5Nc5ccccc56)N(C)C8=O)c5ccccc5N[C@H]4N2C(=O)[C@]1(CO)SSS3. The van der Waals surface area contributed by atoms with Crippen molar-refractivity contribution in [1.29, 1.82) is 0 Å². The molecule has 0 radical (unpaired) electrons. The largest absolute Gasteiger partial charge is 0.392 e. The van der Waals surface area contributed by atoms with Crippen LogP contribution in [0.25, 0.3) is 0 Å². The van der Waals surface area contributed by atoms with Gasteiger partial charge in [0.05, 0.1) is 24.0 Å². The average Bonchev–Trinajstić information content (AvgIpc) is 3.68. The van der Waals surface area contributed by atoms with Gasteiger partial charge in [0.2, 0.25) is 9.74 Å². The Morgan fingerprint density at radius 3 is 1.44 bits per heavy atom. The number of para-hydroxylation sites is 2. The summed E-state index contributed by atoms with van der Waals surface area (Å²) >= 11 is 0. The quantitative estimate of drug-likeness (QED) is 0.340. The minimum atomic E-state index is -1.52. The Bertz CT molecular complexity index is 1780. The lowest BCUT2D eigenvalue weighted by molar-refractivity contribution is -0.165. The minimum Gasteiger partial charge on any atom is -0.392 e. The number of rotatable bonds is 3. The Kier molecular flexibility index (Phi) is 6.04. The zero-order valence-electron chi connectivity index (χ0n) is 25.4. The third-order valence-electron chi connectivity index (χ3n) is 12.0. The van der Waals surface area contributed by atoms with Gasteiger partial charge in [0, 0.05) is 38.3 Å². The third-order valence-corrected chi connectivity index (χ3v) is 22.2. The highest BCUT2D eigenvalue weighted by molar-refractivity contribution is 9.10. The number of benzene rings is 2. The maximum atomic E-state index is 14.9. The van der Waals surface area contributed by atoms with Crippen LogP contribution < -0.4 is 10.6 Å². The number of nitrogens with one attached hydrogen (secondary N) is 2. The molecule has 8 fully saturated rings. The number of amides is 4. The molecule has 2 aromatic carbocycles. The summed E-state index contributed by atoms with van der Waals surface area (Å²) in [5, 5.41) is 28.9. The molecule has 8 saturated heterocycles. The molecule has 10 aliphatic heterocycles. The first kappa shape index (κ1) is 30.7. The van der Waals surface area contributed by atoms with E-state index in [1.54, 1.807) is 23.9 Å². The number of aliphatic hydroxyl groups excluding tert-OH is 2. The molecule has 4 N–H and O–H groups in total. The van der Waals surface area contributed by atoms with Gasteiger partial charge in [-0.15, -0.1) is 0 Å². The van der Waals surface area contributed by atoms with Crippen molar-refractivity contribution in [1.82, 2.24) is 19.6 Å². The molecule has 2 aromatic rings. The highest BCUT2D eigenvalue weighted by Gasteiger charge is 2.86. The molecule has 8 atom stereocenters. The number of hydrogen-bond donors (Lipinski definition) is 4. The molecule has 48 heavy (non-hydrogen) atoms. The first-order valence-corrected chi connectivity index (χ1v) is 22.3. The number of nitrogens with zero attached hydrogens (tertiary/aromatic N) is 4. The Hall–Kier alpha value is -2.06. The standard InChI is InChI=1S/C30H28N6O6S6/c1-33-21(39)27-11-25(15-7-3-5-9-17(15)31-19(25)35(27)23(41)29(33,13-37)45-47-43-27)26-12-28-22(40)34(2)30(14-38,46-48-44-28)24(42)36(28)20(26)32-18-10-6-4-8-16(18)26/h3-10,19-20,31-32,37-38H,11-14H2,1-2H3/t19-,20-,25-,26-,27-,28-,29-,30-/m0/s1. The van der Waals surface area contributed by atoms with Crippen molar-refractivity contribution < 1.29 is 29.4 Å². The molecular weight excluding hydrogens is 733 g/mol. The van der Waals surface area contributed by atoms with Crippen LogP contribution in [0.1, 0.15) is 24.0 Å². The predicted octanol–water partition coefficient (Wildman–Crippen LogP) is 2.63. The fraction of sp³-hybridized carbons (Fsp3) is 0.467. The smallest absolute Gasteiger partial charge is 0.265 e. The monoisotopic (exact) mass is 760 g/mol. The summed E-state index contributed by atoms with van der Waals surface area (Å²) in [7, 11) is 11.0. The number of carbonyl (C=O) groups excluding carboxylic acids is 4. The summed E-state index contributed by atoms with van der Waals surface area (Å²) in [5.74, 6) is -1.24. The Labute approximate surface area is 298 Å². The molecular formula is C30H28N6O6S6. The van der Waals surface area contributed by atoms with Crippen LogP contribution in [0.3, 0.4) is 0 Å². The highest BCUT2D eigenvalue weighted by Crippen LogP contribution is 2.78. The van der Waals surface area contributed by atoms with Gasteiger partial charge < -0.3 is 30.6 Å². The number of fused-ring (bicyclic) bond motifs is 13. The fourth-order valence-corrected chi connectivity index (χ4v) is 21.7. The van der Waals surface area contributed by atoms with E-state index in [-0.39, 0.29) is 36.5 Å². The second-order valence-corrected chi connectivity index (χ2v) is 22.4. The predicted molar refractivity (Wildman–Crippen MR) is 190 cm³/mol. The number of piperazine rings is 2. The first-order valence-electron chi connectivity index (χ1n) is 15.3. The minimum absolute atomic E-state index is 0.204. The molecule has 10 heterocycles. The van der Waals surface area contributed by atoms with Gasteiger partial charge in [0.25, 0.3) is 23.6 Å². The van der Waals surface area contributed by atoms with E-state index in [0.717, 1.165) is 22.5 Å². The van der Waals surface area contributed by atoms with Gasteiger partial charge in [-0.2, -0.15) is 0 Å². The molecule has 12 rings (SSSR count). The van der Waals surface area contributed by atoms with Gasteiger partial charge in [0.1, 0.15) is 12.3 Å². The molecule has 2 spiro atoms. The van der Waals surface area contributed by atoms with E-state index in [9.17, 15) is 29.4 Å². The lowest BCUT2D eigenvalue weighted by Crippen LogP contribution is -2.74. The summed E-state index contributed by atoms with van der Waals surface area (Å²) in [6.45, 7) is -1.10. The van der Waals surface area contributed by atoms with Crippen LogP contribution in [0.4, 0.5) is 11.4 Å². The Balaban J connectivity index is 1.30. The second-order valence-electron chi connectivity index (χ2n) is 13.5. The average molecular weight is 761 g/mol. The van der Waals surface area contributed by atoms with Crippen LogP contribution in [0.15, 0.2) is 48.5 Å². The van der Waals surface area contributed by atoms with Gasteiger partial charge in [-0.25, -0.2) is 0 Å². The van der Waals surface area contributed by atoms with Crippen LogP contribution in [0.5, 0.6) is 0 Å². The fourth-order valence-electron chi connectivity index (χ4n) is 9.90. The van der Waals surface area contributed by atoms with Crippen molar-refractivity contribution in [2.75, 3.05) is 37.9 Å². The summed E-state index contributed by atoms with van der Waals surface area (Å²) in [6.07, 6.45) is -1.11. The van der Waals surface area contributed by atoms with E-state index in [1.165, 1.54) is 72.6 Å². The topological polar surface area (TPSA) is 146 Å². The number of likely N-dealkylation sites (N-methyl/N-ethyl adjacent to an activating group) is 2. The molecule has 12 nitrogen and oxygen atoms in total. The van der Waals surface area contributed by atoms with Gasteiger partial charge >= 0.3 is 0 Å². The lowest BCUT2D eigenvalue weighted by Gasteiger charge is -2.51. The van der Waals surface area contributed by atoms with E-state index >= 15 is 0 Å². The molecule has 250 valence electrons. The van der Waals surface area contributed by atoms with Crippen molar-refractivity contribution in [2.45, 2.75) is 55.5 Å². The van der Waals surface area contributed by atoms with Crippen LogP contribution in [-0.2, 0) is 30.0 Å². The first-order chi connectivity index (χ1) is 23.1. The summed E-state index contributed by atoms with van der Waals surface area (Å²) in [4.78, 5) is 59.9. The zero-order chi connectivity index (χ0) is 33.2. The molecule has 10 aliphatic rings. The normalized spacial score (nSPS) is 42.9. The van der Waals surface area contributed by atoms with Gasteiger partial charge in [-0.05, 0) is 86.1 Å². The maximum Gasteiger partial charge on any atom is 0.265 e. The maximum absolute atomic E-state index is 14.9. The van der Waals surface area contributed by atoms with Crippen LogP contribution in [0, 0.1) is 0 Å². The molecule has 4 bridgehead atoms. The van der Waals surface area contributed by atoms with Crippen molar-refractivity contribution in [3.05, 3.63) is 59.7 Å². The third kappa shape index (κ3) is 2.91. The van der Waals surface area contributed by atoms with Crippen molar-refractivity contribution in [3.63, 3.8) is 0 Å². The molecule has 0 aliphatic carbocycles. The molecule has 18 heteroatoms. The molecule has 0 unspecified atom stereocenters. The van der Waals surface area contributed by atoms with Crippen LogP contribution in [0.2, 0.25) is 0 Å². The van der Waals surface area contributed by atoms with Gasteiger partial charge in [-0.3, -0.25) is 29.0 Å². The number of anilines is 2. The van der Waals surface area contributed by atoms with E-state index in [4.69, 9.17) is 0 Å². The van der Waals surface area contributed by atoms with Crippen molar-refractivity contribution in [2.24, 2.45) is 0 Å². The van der Waals surface area contributed by atoms with Crippen LogP contribution >= 0.6 is 62.8 Å². The van der Waals surface area contributed by atoms with Crippen LogP contribution in [-0.4, -0.2) is 113 Å². The highest BCUT2D eigenvalue weighted by atomic mass is 33.5. The number of hydrogen-bond acceptors (Lipinski definition) is 14. The number of carbonyl (C=O) groups is 4. The van der Waals surface area contributed by atoms with E-state index in [0.29, 0.717) is 0 Å². The Morgan fingerprint density at radius 2 is 1.04 bits per heavy atom. The summed E-state index contributed by atoms with van der Waals surface area (Å²) < 4.78 is 0. The van der Waals surface area contributed by atoms with E-state index in [2.05, 4.69) is 10.6 Å².